The van der Waals surface area contributed by atoms with Crippen LogP contribution in [0.25, 0.3) is 0 Å². The summed E-state index contributed by atoms with van der Waals surface area (Å²) in [7, 11) is 0. The maximum atomic E-state index is 12.2. The first kappa shape index (κ1) is 14.8. The van der Waals surface area contributed by atoms with Crippen LogP contribution in [-0.2, 0) is 0 Å². The number of amides is 1. The molecule has 2 rings (SSSR count). The molecular weight excluding hydrogens is 328 g/mol. The van der Waals surface area contributed by atoms with Crippen molar-refractivity contribution >= 4 is 33.4 Å². The Morgan fingerprint density at radius 1 is 1.58 bits per heavy atom. The molecule has 2 N–H and O–H groups in total. The van der Waals surface area contributed by atoms with Gasteiger partial charge in [0.05, 0.1) is 5.56 Å². The lowest BCUT2D eigenvalue weighted by atomic mass is 9.83. The van der Waals surface area contributed by atoms with Gasteiger partial charge in [-0.3, -0.25) is 4.79 Å². The van der Waals surface area contributed by atoms with Gasteiger partial charge in [-0.2, -0.15) is 0 Å². The van der Waals surface area contributed by atoms with Gasteiger partial charge in [0.1, 0.15) is 0 Å². The molecule has 1 saturated heterocycles. The Labute approximate surface area is 127 Å². The van der Waals surface area contributed by atoms with Crippen LogP contribution in [0.5, 0.6) is 0 Å². The van der Waals surface area contributed by atoms with Crippen molar-refractivity contribution in [3.05, 3.63) is 33.3 Å². The van der Waals surface area contributed by atoms with Gasteiger partial charge in [-0.1, -0.05) is 18.5 Å². The Balaban J connectivity index is 1.97. The lowest BCUT2D eigenvalue weighted by Gasteiger charge is -2.34. The number of carbonyl (C=O) groups excluding carboxylic acids is 1. The third-order valence-electron chi connectivity index (χ3n) is 3.54. The molecule has 19 heavy (non-hydrogen) atoms. The summed E-state index contributed by atoms with van der Waals surface area (Å²) >= 11 is 9.24. The van der Waals surface area contributed by atoms with Crippen molar-refractivity contribution < 1.29 is 4.79 Å². The van der Waals surface area contributed by atoms with E-state index in [-0.39, 0.29) is 11.3 Å². The van der Waals surface area contributed by atoms with E-state index in [1.807, 2.05) is 0 Å². The van der Waals surface area contributed by atoms with Crippen LogP contribution >= 0.6 is 27.5 Å². The standard InChI is InChI=1S/C14H18BrClN2O/c1-14(5-2-6-17-8-14)9-18-13(19)11-4-3-10(16)7-12(11)15/h3-4,7,17H,2,5-6,8-9H2,1H3,(H,18,19). The van der Waals surface area contributed by atoms with Crippen molar-refractivity contribution in [1.29, 1.82) is 0 Å². The fourth-order valence-corrected chi connectivity index (χ4v) is 3.19. The maximum Gasteiger partial charge on any atom is 0.252 e. The number of piperidine rings is 1. The molecule has 0 aliphatic carbocycles. The number of hydrogen-bond donors (Lipinski definition) is 2. The van der Waals surface area contributed by atoms with Crippen molar-refractivity contribution in [2.24, 2.45) is 5.41 Å². The quantitative estimate of drug-likeness (QED) is 0.883. The minimum absolute atomic E-state index is 0.0599. The lowest BCUT2D eigenvalue weighted by molar-refractivity contribution is 0.0924. The molecule has 1 unspecified atom stereocenters. The van der Waals surface area contributed by atoms with Gasteiger partial charge in [-0.15, -0.1) is 0 Å². The van der Waals surface area contributed by atoms with Gasteiger partial charge < -0.3 is 10.6 Å². The van der Waals surface area contributed by atoms with E-state index in [1.165, 1.54) is 0 Å². The minimum atomic E-state index is -0.0599. The summed E-state index contributed by atoms with van der Waals surface area (Å²) in [5.41, 5.74) is 0.768. The number of hydrogen-bond acceptors (Lipinski definition) is 2. The van der Waals surface area contributed by atoms with Crippen LogP contribution in [0.2, 0.25) is 5.02 Å². The molecular formula is C14H18BrClN2O. The van der Waals surface area contributed by atoms with Gasteiger partial charge in [0.15, 0.2) is 0 Å². The molecule has 1 heterocycles. The Morgan fingerprint density at radius 3 is 3.00 bits per heavy atom. The summed E-state index contributed by atoms with van der Waals surface area (Å²) in [6.45, 7) is 4.92. The van der Waals surface area contributed by atoms with Crippen molar-refractivity contribution in [2.75, 3.05) is 19.6 Å². The highest BCUT2D eigenvalue weighted by atomic mass is 79.9. The number of nitrogens with one attached hydrogen (secondary N) is 2. The summed E-state index contributed by atoms with van der Waals surface area (Å²) in [5.74, 6) is -0.0599. The first-order valence-corrected chi connectivity index (χ1v) is 7.61. The molecule has 1 aliphatic heterocycles. The number of carbonyl (C=O) groups is 1. The SMILES string of the molecule is CC1(CNC(=O)c2ccc(Cl)cc2Br)CCCNC1. The van der Waals surface area contributed by atoms with E-state index in [0.717, 1.165) is 30.4 Å². The molecule has 0 radical (unpaired) electrons. The van der Waals surface area contributed by atoms with Gasteiger partial charge in [-0.05, 0) is 58.9 Å². The van der Waals surface area contributed by atoms with Crippen molar-refractivity contribution in [2.45, 2.75) is 19.8 Å². The Hall–Kier alpha value is -0.580. The molecule has 1 aromatic carbocycles. The van der Waals surface area contributed by atoms with Gasteiger partial charge in [0.25, 0.3) is 5.91 Å². The van der Waals surface area contributed by atoms with E-state index in [0.29, 0.717) is 17.1 Å². The molecule has 0 spiro atoms. The molecule has 1 aliphatic rings. The van der Waals surface area contributed by atoms with Gasteiger partial charge in [-0.25, -0.2) is 0 Å². The second-order valence-electron chi connectivity index (χ2n) is 5.40. The second kappa shape index (κ2) is 6.25. The van der Waals surface area contributed by atoms with Crippen molar-refractivity contribution in [3.8, 4) is 0 Å². The predicted octanol–water partition coefficient (Wildman–Crippen LogP) is 3.22. The Morgan fingerprint density at radius 2 is 2.37 bits per heavy atom. The molecule has 1 amide bonds. The normalized spacial score (nSPS) is 23.1. The summed E-state index contributed by atoms with van der Waals surface area (Å²) in [6, 6.07) is 5.20. The van der Waals surface area contributed by atoms with E-state index in [1.54, 1.807) is 18.2 Å². The van der Waals surface area contributed by atoms with Gasteiger partial charge >= 0.3 is 0 Å². The predicted molar refractivity (Wildman–Crippen MR) is 81.7 cm³/mol. The van der Waals surface area contributed by atoms with Crippen LogP contribution in [0.15, 0.2) is 22.7 Å². The molecule has 0 aromatic heterocycles. The smallest absolute Gasteiger partial charge is 0.252 e. The van der Waals surface area contributed by atoms with E-state index in [2.05, 4.69) is 33.5 Å². The van der Waals surface area contributed by atoms with E-state index in [9.17, 15) is 4.79 Å². The number of halogens is 2. The van der Waals surface area contributed by atoms with Crippen LogP contribution in [-0.4, -0.2) is 25.5 Å². The lowest BCUT2D eigenvalue weighted by Crippen LogP contribution is -2.45. The largest absolute Gasteiger partial charge is 0.351 e. The number of rotatable bonds is 3. The van der Waals surface area contributed by atoms with Crippen LogP contribution in [0.4, 0.5) is 0 Å². The zero-order valence-corrected chi connectivity index (χ0v) is 13.3. The zero-order chi connectivity index (χ0) is 13.9. The summed E-state index contributed by atoms with van der Waals surface area (Å²) in [5, 5.41) is 7.01. The summed E-state index contributed by atoms with van der Waals surface area (Å²) < 4.78 is 0.726. The summed E-state index contributed by atoms with van der Waals surface area (Å²) in [6.07, 6.45) is 2.30. The van der Waals surface area contributed by atoms with Gasteiger partial charge in [0.2, 0.25) is 0 Å². The third-order valence-corrected chi connectivity index (χ3v) is 4.43. The molecule has 5 heteroatoms. The minimum Gasteiger partial charge on any atom is -0.351 e. The molecule has 1 aromatic rings. The fourth-order valence-electron chi connectivity index (χ4n) is 2.33. The second-order valence-corrected chi connectivity index (χ2v) is 6.69. The first-order chi connectivity index (χ1) is 9.00. The average Bonchev–Trinajstić information content (AvgIpc) is 2.37. The highest BCUT2D eigenvalue weighted by molar-refractivity contribution is 9.10. The van der Waals surface area contributed by atoms with E-state index in [4.69, 9.17) is 11.6 Å². The van der Waals surface area contributed by atoms with E-state index < -0.39 is 0 Å². The Kier molecular flexibility index (Phi) is 4.87. The Bertz CT molecular complexity index is 473. The van der Waals surface area contributed by atoms with Crippen LogP contribution in [0.3, 0.4) is 0 Å². The fraction of sp³-hybridized carbons (Fsp3) is 0.500. The third kappa shape index (κ3) is 3.94. The van der Waals surface area contributed by atoms with Crippen molar-refractivity contribution in [3.63, 3.8) is 0 Å². The molecule has 104 valence electrons. The van der Waals surface area contributed by atoms with Crippen molar-refractivity contribution in [1.82, 2.24) is 10.6 Å². The first-order valence-electron chi connectivity index (χ1n) is 6.44. The molecule has 1 atom stereocenters. The topological polar surface area (TPSA) is 41.1 Å². The molecule has 3 nitrogen and oxygen atoms in total. The average molecular weight is 346 g/mol. The molecule has 0 saturated carbocycles. The van der Waals surface area contributed by atoms with Crippen LogP contribution < -0.4 is 10.6 Å². The zero-order valence-electron chi connectivity index (χ0n) is 10.9. The monoisotopic (exact) mass is 344 g/mol. The highest BCUT2D eigenvalue weighted by Gasteiger charge is 2.27. The summed E-state index contributed by atoms with van der Waals surface area (Å²) in [4.78, 5) is 12.2. The van der Waals surface area contributed by atoms with Gasteiger partial charge in [0, 0.05) is 22.6 Å². The van der Waals surface area contributed by atoms with Crippen LogP contribution in [0, 0.1) is 5.41 Å². The van der Waals surface area contributed by atoms with E-state index >= 15 is 0 Å². The maximum absolute atomic E-state index is 12.2. The number of benzene rings is 1. The highest BCUT2D eigenvalue weighted by Crippen LogP contribution is 2.25. The molecule has 1 fully saturated rings. The van der Waals surface area contributed by atoms with Crippen LogP contribution in [0.1, 0.15) is 30.1 Å². The molecule has 0 bridgehead atoms.